The van der Waals surface area contributed by atoms with Gasteiger partial charge in [-0.1, -0.05) is 6.07 Å². The van der Waals surface area contributed by atoms with Crippen molar-refractivity contribution in [2.24, 2.45) is 15.4 Å². The van der Waals surface area contributed by atoms with Crippen LogP contribution in [0.25, 0.3) is 17.0 Å². The average molecular weight is 355 g/mol. The fraction of sp³-hybridized carbons (Fsp3) is 0.0625. The van der Waals surface area contributed by atoms with Gasteiger partial charge in [0.05, 0.1) is 4.90 Å². The number of hydrogen-bond donors (Lipinski definition) is 3. The third kappa shape index (κ3) is 2.59. The number of aromatic amines is 1. The number of aromatic nitrogens is 1. The van der Waals surface area contributed by atoms with Crippen LogP contribution in [0.1, 0.15) is 5.56 Å². The lowest BCUT2D eigenvalue weighted by Crippen LogP contribution is -2.18. The molecule has 8 nitrogen and oxygen atoms in total. The SMILES string of the molecule is CNS(=O)(=O)c1ccc2[nH]c(O)c(C=c3ccc4c(c3)N=NN=4)c2c1. The molecule has 0 spiro atoms. The minimum atomic E-state index is -3.58. The van der Waals surface area contributed by atoms with Gasteiger partial charge in [0.1, 0.15) is 11.0 Å². The number of nitrogens with one attached hydrogen (secondary N) is 2. The van der Waals surface area contributed by atoms with Gasteiger partial charge in [-0.3, -0.25) is 0 Å². The molecule has 126 valence electrons. The molecule has 0 bridgehead atoms. The average Bonchev–Trinajstić information content (AvgIpc) is 3.19. The lowest BCUT2D eigenvalue weighted by Gasteiger charge is -2.02. The maximum absolute atomic E-state index is 12.0. The fourth-order valence-electron chi connectivity index (χ4n) is 2.69. The Labute approximate surface area is 142 Å². The van der Waals surface area contributed by atoms with Crippen molar-refractivity contribution in [1.82, 2.24) is 9.71 Å². The summed E-state index contributed by atoms with van der Waals surface area (Å²) in [6.07, 6.45) is 1.75. The Balaban J connectivity index is 1.94. The Hall–Kier alpha value is -3.04. The molecule has 0 aliphatic carbocycles. The molecule has 1 aliphatic heterocycles. The Bertz CT molecular complexity index is 1260. The van der Waals surface area contributed by atoms with Crippen LogP contribution in [0.2, 0.25) is 0 Å². The van der Waals surface area contributed by atoms with Gasteiger partial charge in [0.15, 0.2) is 5.88 Å². The molecule has 4 rings (SSSR count). The van der Waals surface area contributed by atoms with Gasteiger partial charge in [0, 0.05) is 16.5 Å². The number of hydrogen-bond acceptors (Lipinski definition) is 6. The van der Waals surface area contributed by atoms with Gasteiger partial charge < -0.3 is 10.1 Å². The summed E-state index contributed by atoms with van der Waals surface area (Å²) in [5.74, 6) is -0.0409. The van der Waals surface area contributed by atoms with E-state index >= 15 is 0 Å². The summed E-state index contributed by atoms with van der Waals surface area (Å²) in [7, 11) is -2.22. The lowest BCUT2D eigenvalue weighted by atomic mass is 10.1. The maximum Gasteiger partial charge on any atom is 0.240 e. The van der Waals surface area contributed by atoms with Crippen molar-refractivity contribution in [2.75, 3.05) is 7.05 Å². The number of fused-ring (bicyclic) bond motifs is 2. The van der Waals surface area contributed by atoms with Crippen LogP contribution >= 0.6 is 0 Å². The summed E-state index contributed by atoms with van der Waals surface area (Å²) in [5.41, 5.74) is 1.77. The van der Waals surface area contributed by atoms with E-state index in [9.17, 15) is 13.5 Å². The molecular formula is C16H13N5O3S. The molecule has 2 aromatic carbocycles. The highest BCUT2D eigenvalue weighted by Gasteiger charge is 2.15. The lowest BCUT2D eigenvalue weighted by molar-refractivity contribution is 0.457. The Morgan fingerprint density at radius 1 is 1.20 bits per heavy atom. The number of rotatable bonds is 3. The zero-order valence-corrected chi connectivity index (χ0v) is 13.9. The van der Waals surface area contributed by atoms with Crippen molar-refractivity contribution in [3.05, 3.63) is 52.5 Å². The van der Waals surface area contributed by atoms with Crippen LogP contribution in [-0.2, 0) is 10.0 Å². The summed E-state index contributed by atoms with van der Waals surface area (Å²) in [4.78, 5) is 2.97. The first-order chi connectivity index (χ1) is 12.0. The molecule has 0 unspecified atom stereocenters. The largest absolute Gasteiger partial charge is 0.494 e. The van der Waals surface area contributed by atoms with Crippen molar-refractivity contribution in [1.29, 1.82) is 0 Å². The zero-order chi connectivity index (χ0) is 17.6. The van der Waals surface area contributed by atoms with Crippen molar-refractivity contribution in [3.63, 3.8) is 0 Å². The van der Waals surface area contributed by atoms with Crippen LogP contribution in [0.15, 0.2) is 56.7 Å². The Morgan fingerprint density at radius 3 is 2.84 bits per heavy atom. The topological polar surface area (TPSA) is 119 Å². The third-order valence-electron chi connectivity index (χ3n) is 3.98. The minimum absolute atomic E-state index is 0.0409. The molecule has 9 heteroatoms. The van der Waals surface area contributed by atoms with Crippen LogP contribution in [0.3, 0.4) is 0 Å². The van der Waals surface area contributed by atoms with E-state index in [1.807, 2.05) is 6.07 Å². The van der Waals surface area contributed by atoms with E-state index in [2.05, 4.69) is 25.1 Å². The normalized spacial score (nSPS) is 14.0. The summed E-state index contributed by atoms with van der Waals surface area (Å²) < 4.78 is 26.3. The number of benzene rings is 2. The van der Waals surface area contributed by atoms with Gasteiger partial charge in [-0.2, -0.15) is 0 Å². The van der Waals surface area contributed by atoms with Crippen molar-refractivity contribution in [2.45, 2.75) is 4.90 Å². The highest BCUT2D eigenvalue weighted by Crippen LogP contribution is 2.29. The van der Waals surface area contributed by atoms with E-state index in [1.165, 1.54) is 19.2 Å². The van der Waals surface area contributed by atoms with Gasteiger partial charge in [-0.05, 0) is 53.9 Å². The molecule has 3 aromatic rings. The van der Waals surface area contributed by atoms with Crippen LogP contribution < -0.4 is 15.3 Å². The van der Waals surface area contributed by atoms with Crippen molar-refractivity contribution >= 4 is 32.7 Å². The molecule has 2 heterocycles. The predicted molar refractivity (Wildman–Crippen MR) is 91.5 cm³/mol. The second-order valence-electron chi connectivity index (χ2n) is 5.48. The molecule has 3 N–H and O–H groups in total. The van der Waals surface area contributed by atoms with E-state index in [0.29, 0.717) is 27.5 Å². The molecule has 0 amide bonds. The van der Waals surface area contributed by atoms with Crippen LogP contribution in [0, 0.1) is 0 Å². The first-order valence-electron chi connectivity index (χ1n) is 7.37. The van der Waals surface area contributed by atoms with Gasteiger partial charge in [-0.25, -0.2) is 13.1 Å². The molecular weight excluding hydrogens is 342 g/mol. The molecule has 0 radical (unpaired) electrons. The zero-order valence-electron chi connectivity index (χ0n) is 13.1. The highest BCUT2D eigenvalue weighted by atomic mass is 32.2. The summed E-state index contributed by atoms with van der Waals surface area (Å²) in [6, 6.07) is 10.0. The highest BCUT2D eigenvalue weighted by molar-refractivity contribution is 7.89. The number of sulfonamides is 1. The maximum atomic E-state index is 12.0. The van der Waals surface area contributed by atoms with E-state index in [1.54, 1.807) is 24.3 Å². The number of H-pyrrole nitrogens is 1. The number of aromatic hydroxyl groups is 1. The second-order valence-corrected chi connectivity index (χ2v) is 7.37. The number of nitrogens with zero attached hydrogens (tertiary/aromatic N) is 3. The summed E-state index contributed by atoms with van der Waals surface area (Å²) >= 11 is 0. The van der Waals surface area contributed by atoms with Crippen LogP contribution in [0.5, 0.6) is 5.88 Å². The molecule has 0 saturated heterocycles. The van der Waals surface area contributed by atoms with Gasteiger partial charge in [0.2, 0.25) is 10.0 Å². The Morgan fingerprint density at radius 2 is 2.04 bits per heavy atom. The monoisotopic (exact) mass is 355 g/mol. The predicted octanol–water partition coefficient (Wildman–Crippen LogP) is 1.24. The summed E-state index contributed by atoms with van der Waals surface area (Å²) in [5, 5.41) is 23.7. The van der Waals surface area contributed by atoms with E-state index in [-0.39, 0.29) is 10.8 Å². The second kappa shape index (κ2) is 5.50. The molecule has 0 atom stereocenters. The van der Waals surface area contributed by atoms with Crippen molar-refractivity contribution < 1.29 is 13.5 Å². The van der Waals surface area contributed by atoms with Gasteiger partial charge in [0.25, 0.3) is 0 Å². The smallest absolute Gasteiger partial charge is 0.240 e. The first-order valence-corrected chi connectivity index (χ1v) is 8.85. The molecule has 1 aliphatic rings. The minimum Gasteiger partial charge on any atom is -0.494 e. The summed E-state index contributed by atoms with van der Waals surface area (Å²) in [6.45, 7) is 0. The van der Waals surface area contributed by atoms with E-state index in [4.69, 9.17) is 0 Å². The van der Waals surface area contributed by atoms with Crippen LogP contribution in [0.4, 0.5) is 5.69 Å². The first kappa shape index (κ1) is 15.5. The molecule has 0 fully saturated rings. The third-order valence-corrected chi connectivity index (χ3v) is 5.40. The fourth-order valence-corrected chi connectivity index (χ4v) is 3.44. The molecule has 0 saturated carbocycles. The van der Waals surface area contributed by atoms with E-state index < -0.39 is 10.0 Å². The molecule has 1 aromatic heterocycles. The quantitative estimate of drug-likeness (QED) is 0.656. The van der Waals surface area contributed by atoms with Gasteiger partial charge in [-0.15, -0.1) is 10.2 Å². The Kier molecular flexibility index (Phi) is 3.41. The van der Waals surface area contributed by atoms with Gasteiger partial charge >= 0.3 is 0 Å². The van der Waals surface area contributed by atoms with Crippen molar-refractivity contribution in [3.8, 4) is 5.88 Å². The van der Waals surface area contributed by atoms with E-state index in [0.717, 1.165) is 5.22 Å². The standard InChI is InChI=1S/C16H13N5O3S/c1-17-25(23,24)10-3-5-13-11(8-10)12(16(22)18-13)6-9-2-4-14-15(7-9)20-21-19-14/h2-8,17-18,22H,1H3. The van der Waals surface area contributed by atoms with Crippen LogP contribution in [-0.4, -0.2) is 25.6 Å². The molecule has 25 heavy (non-hydrogen) atoms.